The largest absolute Gasteiger partial charge is 0.496 e. The van der Waals surface area contributed by atoms with Gasteiger partial charge in [-0.05, 0) is 50.9 Å². The summed E-state index contributed by atoms with van der Waals surface area (Å²) in [5, 5.41) is 7.38. The van der Waals surface area contributed by atoms with Gasteiger partial charge in [-0.3, -0.25) is 0 Å². The third-order valence-electron chi connectivity index (χ3n) is 5.03. The molecule has 5 nitrogen and oxygen atoms in total. The Bertz CT molecular complexity index is 677. The summed E-state index contributed by atoms with van der Waals surface area (Å²) in [7, 11) is 3.65. The molecule has 3 rings (SSSR count). The second-order valence-electron chi connectivity index (χ2n) is 6.53. The van der Waals surface area contributed by atoms with Crippen LogP contribution in [-0.4, -0.2) is 30.3 Å². The summed E-state index contributed by atoms with van der Waals surface area (Å²) in [4.78, 5) is 4.69. The number of ether oxygens (including phenoxy) is 1. The van der Waals surface area contributed by atoms with Crippen LogP contribution < -0.4 is 10.1 Å². The zero-order valence-electron chi connectivity index (χ0n) is 14.3. The van der Waals surface area contributed by atoms with Crippen LogP contribution in [0, 0.1) is 6.92 Å². The maximum atomic E-state index is 5.65. The molecule has 0 radical (unpaired) electrons. The molecule has 0 bridgehead atoms. The number of hydrogen-bond donors (Lipinski definition) is 1. The second-order valence-corrected chi connectivity index (χ2v) is 6.53. The standard InChI is InChI=1S/C18H25N3O2/c1-12-6-7-14(11-15(12)22-4)18(8-5-9-18)17-20-16(21-23-17)10-13(2)19-3/h6-7,11,13,19H,5,8-10H2,1-4H3. The monoisotopic (exact) mass is 315 g/mol. The van der Waals surface area contributed by atoms with Gasteiger partial charge in [-0.2, -0.15) is 4.98 Å². The van der Waals surface area contributed by atoms with Gasteiger partial charge in [0, 0.05) is 12.5 Å². The van der Waals surface area contributed by atoms with Gasteiger partial charge in [-0.15, -0.1) is 0 Å². The molecule has 2 aromatic rings. The molecule has 0 spiro atoms. The van der Waals surface area contributed by atoms with E-state index in [0.717, 1.165) is 42.3 Å². The number of aromatic nitrogens is 2. The average Bonchev–Trinajstić information content (AvgIpc) is 2.96. The van der Waals surface area contributed by atoms with Crippen molar-refractivity contribution in [1.82, 2.24) is 15.5 Å². The molecule has 124 valence electrons. The minimum absolute atomic E-state index is 0.144. The minimum atomic E-state index is -0.144. The lowest BCUT2D eigenvalue weighted by Crippen LogP contribution is -2.36. The van der Waals surface area contributed by atoms with Gasteiger partial charge in [0.05, 0.1) is 12.5 Å². The number of likely N-dealkylation sites (N-methyl/N-ethyl adjacent to an activating group) is 1. The Hall–Kier alpha value is -1.88. The lowest BCUT2D eigenvalue weighted by molar-refractivity contribution is 0.215. The lowest BCUT2D eigenvalue weighted by atomic mass is 9.64. The number of aryl methyl sites for hydroxylation is 1. The Balaban J connectivity index is 1.92. The number of nitrogens with zero attached hydrogens (tertiary/aromatic N) is 2. The van der Waals surface area contributed by atoms with Crippen molar-refractivity contribution in [2.75, 3.05) is 14.2 Å². The van der Waals surface area contributed by atoms with Crippen LogP contribution in [0.15, 0.2) is 22.7 Å². The first-order valence-corrected chi connectivity index (χ1v) is 8.24. The summed E-state index contributed by atoms with van der Waals surface area (Å²) >= 11 is 0. The van der Waals surface area contributed by atoms with E-state index in [-0.39, 0.29) is 5.41 Å². The lowest BCUT2D eigenvalue weighted by Gasteiger charge is -2.39. The smallest absolute Gasteiger partial charge is 0.237 e. The van der Waals surface area contributed by atoms with E-state index in [9.17, 15) is 0 Å². The van der Waals surface area contributed by atoms with Crippen LogP contribution in [0.4, 0.5) is 0 Å². The number of methoxy groups -OCH3 is 1. The Kier molecular flexibility index (Phi) is 4.39. The molecular weight excluding hydrogens is 290 g/mol. The van der Waals surface area contributed by atoms with Crippen molar-refractivity contribution in [2.24, 2.45) is 0 Å². The van der Waals surface area contributed by atoms with Gasteiger partial charge in [0.1, 0.15) is 5.75 Å². The summed E-state index contributed by atoms with van der Waals surface area (Å²) in [6, 6.07) is 6.72. The normalized spacial score (nSPS) is 17.6. The molecule has 1 fully saturated rings. The van der Waals surface area contributed by atoms with Crippen molar-refractivity contribution >= 4 is 0 Å². The topological polar surface area (TPSA) is 60.2 Å². The van der Waals surface area contributed by atoms with E-state index in [2.05, 4.69) is 47.5 Å². The Morgan fingerprint density at radius 2 is 2.17 bits per heavy atom. The molecule has 1 atom stereocenters. The summed E-state index contributed by atoms with van der Waals surface area (Å²) in [5.41, 5.74) is 2.21. The number of benzene rings is 1. The third-order valence-corrected chi connectivity index (χ3v) is 5.03. The fourth-order valence-corrected chi connectivity index (χ4v) is 3.18. The first-order valence-electron chi connectivity index (χ1n) is 8.24. The molecule has 1 aliphatic rings. The Labute approximate surface area is 137 Å². The number of nitrogens with one attached hydrogen (secondary N) is 1. The molecule has 1 N–H and O–H groups in total. The molecule has 0 saturated heterocycles. The van der Waals surface area contributed by atoms with E-state index in [4.69, 9.17) is 9.26 Å². The van der Waals surface area contributed by atoms with Crippen LogP contribution in [0.3, 0.4) is 0 Å². The number of hydrogen-bond acceptors (Lipinski definition) is 5. The van der Waals surface area contributed by atoms with Crippen LogP contribution in [0.2, 0.25) is 0 Å². The maximum Gasteiger partial charge on any atom is 0.237 e. The Morgan fingerprint density at radius 3 is 2.78 bits per heavy atom. The quantitative estimate of drug-likeness (QED) is 0.888. The third kappa shape index (κ3) is 2.85. The zero-order valence-corrected chi connectivity index (χ0v) is 14.3. The van der Waals surface area contributed by atoms with E-state index in [1.807, 2.05) is 7.05 Å². The van der Waals surface area contributed by atoms with E-state index in [1.165, 1.54) is 12.0 Å². The fraction of sp³-hybridized carbons (Fsp3) is 0.556. The molecule has 1 heterocycles. The first kappa shape index (κ1) is 16.0. The van der Waals surface area contributed by atoms with E-state index in [0.29, 0.717) is 6.04 Å². The molecule has 1 aromatic carbocycles. The van der Waals surface area contributed by atoms with Crippen LogP contribution in [0.25, 0.3) is 0 Å². The van der Waals surface area contributed by atoms with Gasteiger partial charge in [0.25, 0.3) is 0 Å². The Morgan fingerprint density at radius 1 is 1.39 bits per heavy atom. The van der Waals surface area contributed by atoms with Crippen LogP contribution >= 0.6 is 0 Å². The van der Waals surface area contributed by atoms with E-state index in [1.54, 1.807) is 7.11 Å². The van der Waals surface area contributed by atoms with Gasteiger partial charge in [-0.1, -0.05) is 23.7 Å². The van der Waals surface area contributed by atoms with Crippen molar-refractivity contribution in [3.63, 3.8) is 0 Å². The first-order chi connectivity index (χ1) is 11.1. The number of rotatable bonds is 6. The maximum absolute atomic E-state index is 5.65. The van der Waals surface area contributed by atoms with Gasteiger partial charge in [-0.25, -0.2) is 0 Å². The minimum Gasteiger partial charge on any atom is -0.496 e. The van der Waals surface area contributed by atoms with Crippen LogP contribution in [-0.2, 0) is 11.8 Å². The summed E-state index contributed by atoms with van der Waals surface area (Å²) in [6.45, 7) is 4.17. The van der Waals surface area contributed by atoms with Crippen molar-refractivity contribution in [3.05, 3.63) is 41.0 Å². The fourth-order valence-electron chi connectivity index (χ4n) is 3.18. The molecule has 1 unspecified atom stereocenters. The highest BCUT2D eigenvalue weighted by Gasteiger charge is 2.45. The van der Waals surface area contributed by atoms with Crippen LogP contribution in [0.1, 0.15) is 49.0 Å². The van der Waals surface area contributed by atoms with Crippen molar-refractivity contribution in [1.29, 1.82) is 0 Å². The molecule has 1 aromatic heterocycles. The highest BCUT2D eigenvalue weighted by Crippen LogP contribution is 2.49. The van der Waals surface area contributed by atoms with Gasteiger partial charge in [0.2, 0.25) is 5.89 Å². The average molecular weight is 315 g/mol. The SMILES string of the molecule is CNC(C)Cc1noc(C2(c3ccc(C)c(OC)c3)CCC2)n1. The van der Waals surface area contributed by atoms with Crippen LogP contribution in [0.5, 0.6) is 5.75 Å². The predicted octanol–water partition coefficient (Wildman–Crippen LogP) is 3.01. The van der Waals surface area contributed by atoms with Gasteiger partial charge < -0.3 is 14.6 Å². The molecule has 1 aliphatic carbocycles. The molecule has 0 aliphatic heterocycles. The zero-order chi connectivity index (χ0) is 16.4. The molecule has 5 heteroatoms. The van der Waals surface area contributed by atoms with E-state index < -0.39 is 0 Å². The predicted molar refractivity (Wildman–Crippen MR) is 88.9 cm³/mol. The van der Waals surface area contributed by atoms with Crippen molar-refractivity contribution < 1.29 is 9.26 Å². The van der Waals surface area contributed by atoms with E-state index >= 15 is 0 Å². The molecule has 0 amide bonds. The summed E-state index contributed by atoms with van der Waals surface area (Å²) in [5.74, 6) is 2.43. The molecule has 23 heavy (non-hydrogen) atoms. The highest BCUT2D eigenvalue weighted by atomic mass is 16.5. The van der Waals surface area contributed by atoms with Crippen molar-refractivity contribution in [2.45, 2.75) is 51.0 Å². The van der Waals surface area contributed by atoms with Crippen molar-refractivity contribution in [3.8, 4) is 5.75 Å². The second kappa shape index (κ2) is 6.32. The van der Waals surface area contributed by atoms with Gasteiger partial charge >= 0.3 is 0 Å². The molecular formula is C18H25N3O2. The highest BCUT2D eigenvalue weighted by molar-refractivity contribution is 5.43. The molecule has 1 saturated carbocycles. The van der Waals surface area contributed by atoms with Gasteiger partial charge in [0.15, 0.2) is 5.82 Å². The summed E-state index contributed by atoms with van der Waals surface area (Å²) < 4.78 is 11.1. The summed E-state index contributed by atoms with van der Waals surface area (Å²) in [6.07, 6.45) is 4.04.